The molecule has 1 saturated heterocycles. The molecule has 144 valence electrons. The van der Waals surface area contributed by atoms with Gasteiger partial charge in [-0.2, -0.15) is 10.1 Å². The molecule has 0 atom stereocenters. The lowest BCUT2D eigenvalue weighted by atomic mass is 10.3. The Morgan fingerprint density at radius 2 is 1.82 bits per heavy atom. The van der Waals surface area contributed by atoms with Crippen LogP contribution in [0, 0.1) is 0 Å². The highest BCUT2D eigenvalue weighted by molar-refractivity contribution is 6.32. The van der Waals surface area contributed by atoms with Gasteiger partial charge in [0.1, 0.15) is 5.75 Å². The van der Waals surface area contributed by atoms with Crippen molar-refractivity contribution in [3.05, 3.63) is 47.9 Å². The largest absolute Gasteiger partial charge is 0.495 e. The van der Waals surface area contributed by atoms with Gasteiger partial charge in [-0.3, -0.25) is 0 Å². The first kappa shape index (κ1) is 18.2. The zero-order valence-electron chi connectivity index (χ0n) is 15.3. The zero-order chi connectivity index (χ0) is 19.3. The van der Waals surface area contributed by atoms with Crippen LogP contribution in [0.25, 0.3) is 0 Å². The number of benzene rings is 1. The summed E-state index contributed by atoms with van der Waals surface area (Å²) in [6.45, 7) is 3.21. The van der Waals surface area contributed by atoms with E-state index in [1.165, 1.54) is 0 Å². The molecule has 10 heteroatoms. The van der Waals surface area contributed by atoms with Crippen LogP contribution in [0.3, 0.4) is 0 Å². The van der Waals surface area contributed by atoms with Gasteiger partial charge < -0.3 is 19.9 Å². The monoisotopic (exact) mass is 398 g/mol. The Morgan fingerprint density at radius 1 is 1.07 bits per heavy atom. The number of rotatable bonds is 5. The first-order valence-electron chi connectivity index (χ1n) is 8.80. The molecule has 1 aromatic carbocycles. The van der Waals surface area contributed by atoms with Gasteiger partial charge in [0, 0.05) is 44.3 Å². The van der Waals surface area contributed by atoms with Crippen molar-refractivity contribution in [1.29, 1.82) is 0 Å². The van der Waals surface area contributed by atoms with E-state index in [-0.39, 0.29) is 0 Å². The lowest BCUT2D eigenvalue weighted by Crippen LogP contribution is -2.47. The maximum Gasteiger partial charge on any atom is 0.249 e. The molecule has 1 fully saturated rings. The second kappa shape index (κ2) is 8.22. The molecular formula is C18H19ClN8O. The number of nitrogens with one attached hydrogen (secondary N) is 1. The fraction of sp³-hybridized carbons (Fsp3) is 0.278. The molecule has 3 aromatic rings. The molecule has 28 heavy (non-hydrogen) atoms. The third-order valence-electron chi connectivity index (χ3n) is 4.39. The number of hydrogen-bond acceptors (Lipinski definition) is 9. The van der Waals surface area contributed by atoms with Gasteiger partial charge in [-0.25, -0.2) is 9.97 Å². The fourth-order valence-electron chi connectivity index (χ4n) is 2.96. The molecular weight excluding hydrogens is 380 g/mol. The van der Waals surface area contributed by atoms with Crippen LogP contribution in [0.1, 0.15) is 0 Å². The summed E-state index contributed by atoms with van der Waals surface area (Å²) in [6.07, 6.45) is 5.18. The topological polar surface area (TPSA) is 92.2 Å². The van der Waals surface area contributed by atoms with Crippen LogP contribution in [-0.2, 0) is 0 Å². The molecule has 2 aromatic heterocycles. The quantitative estimate of drug-likeness (QED) is 0.695. The fourth-order valence-corrected chi connectivity index (χ4v) is 3.22. The summed E-state index contributed by atoms with van der Waals surface area (Å²) >= 11 is 6.17. The number of ether oxygens (including phenoxy) is 1. The second-order valence-corrected chi connectivity index (χ2v) is 6.54. The molecule has 1 aliphatic heterocycles. The lowest BCUT2D eigenvalue weighted by Gasteiger charge is -2.35. The summed E-state index contributed by atoms with van der Waals surface area (Å²) in [5, 5.41) is 11.8. The van der Waals surface area contributed by atoms with Gasteiger partial charge in [0.15, 0.2) is 5.82 Å². The third kappa shape index (κ3) is 4.04. The van der Waals surface area contributed by atoms with E-state index < -0.39 is 0 Å². The summed E-state index contributed by atoms with van der Waals surface area (Å²) < 4.78 is 5.17. The molecule has 3 heterocycles. The highest BCUT2D eigenvalue weighted by atomic mass is 35.5. The van der Waals surface area contributed by atoms with Crippen LogP contribution in [0.5, 0.6) is 5.75 Å². The number of methoxy groups -OCH3 is 1. The molecule has 0 saturated carbocycles. The highest BCUT2D eigenvalue weighted by Gasteiger charge is 2.20. The Balaban J connectivity index is 1.42. The first-order chi connectivity index (χ1) is 13.7. The van der Waals surface area contributed by atoms with Crippen molar-refractivity contribution < 1.29 is 4.74 Å². The van der Waals surface area contributed by atoms with Gasteiger partial charge in [-0.05, 0) is 24.3 Å². The van der Waals surface area contributed by atoms with E-state index in [1.54, 1.807) is 37.8 Å². The van der Waals surface area contributed by atoms with E-state index in [0.717, 1.165) is 43.6 Å². The summed E-state index contributed by atoms with van der Waals surface area (Å²) in [6, 6.07) is 7.21. The Bertz CT molecular complexity index is 934. The molecule has 0 amide bonds. The van der Waals surface area contributed by atoms with E-state index in [9.17, 15) is 0 Å². The molecule has 0 spiro atoms. The summed E-state index contributed by atoms with van der Waals surface area (Å²) in [5.41, 5.74) is 0.760. The molecule has 0 radical (unpaired) electrons. The predicted molar refractivity (Wildman–Crippen MR) is 108 cm³/mol. The number of piperazine rings is 1. The van der Waals surface area contributed by atoms with Crippen LogP contribution >= 0.6 is 11.6 Å². The third-order valence-corrected chi connectivity index (χ3v) is 4.69. The number of anilines is 4. The van der Waals surface area contributed by atoms with Crippen molar-refractivity contribution in [3.63, 3.8) is 0 Å². The summed E-state index contributed by atoms with van der Waals surface area (Å²) in [4.78, 5) is 17.5. The summed E-state index contributed by atoms with van der Waals surface area (Å²) in [7, 11) is 1.58. The maximum absolute atomic E-state index is 6.17. The molecule has 1 N–H and O–H groups in total. The lowest BCUT2D eigenvalue weighted by molar-refractivity contribution is 0.415. The number of halogens is 1. The standard InChI is InChI=1S/C18H19ClN8O/c1-28-15-4-3-13(11-14(15)19)23-17-24-16(12-22-25-17)26-7-9-27(10-8-26)18-20-5-2-6-21-18/h2-6,11-12H,7-10H2,1H3,(H,23,24,25). The van der Waals surface area contributed by atoms with Crippen LogP contribution in [0.15, 0.2) is 42.9 Å². The van der Waals surface area contributed by atoms with Gasteiger partial charge in [0.25, 0.3) is 0 Å². The molecule has 1 aliphatic rings. The minimum absolute atomic E-state index is 0.410. The summed E-state index contributed by atoms with van der Waals surface area (Å²) in [5.74, 6) is 2.54. The van der Waals surface area contributed by atoms with Crippen molar-refractivity contribution in [3.8, 4) is 5.75 Å². The van der Waals surface area contributed by atoms with Crippen LogP contribution < -0.4 is 19.9 Å². The van der Waals surface area contributed by atoms with Gasteiger partial charge >= 0.3 is 0 Å². The minimum atomic E-state index is 0.410. The Labute approximate surface area is 167 Å². The van der Waals surface area contributed by atoms with Crippen LogP contribution in [0.4, 0.5) is 23.4 Å². The average molecular weight is 399 g/mol. The molecule has 0 aliphatic carbocycles. The Kier molecular flexibility index (Phi) is 5.34. The SMILES string of the molecule is COc1ccc(Nc2nncc(N3CCN(c4ncccn4)CC3)n2)cc1Cl. The predicted octanol–water partition coefficient (Wildman–Crippen LogP) is 2.39. The smallest absolute Gasteiger partial charge is 0.249 e. The zero-order valence-corrected chi connectivity index (χ0v) is 16.0. The van der Waals surface area contributed by atoms with Gasteiger partial charge in [-0.1, -0.05) is 11.6 Å². The molecule has 4 rings (SSSR count). The van der Waals surface area contributed by atoms with E-state index in [2.05, 4.69) is 40.3 Å². The minimum Gasteiger partial charge on any atom is -0.495 e. The highest BCUT2D eigenvalue weighted by Crippen LogP contribution is 2.28. The normalized spacial score (nSPS) is 14.1. The van der Waals surface area contributed by atoms with Crippen molar-refractivity contribution in [2.24, 2.45) is 0 Å². The number of nitrogens with zero attached hydrogens (tertiary/aromatic N) is 7. The van der Waals surface area contributed by atoms with Gasteiger partial charge in [-0.15, -0.1) is 5.10 Å². The van der Waals surface area contributed by atoms with Crippen molar-refractivity contribution in [1.82, 2.24) is 25.1 Å². The van der Waals surface area contributed by atoms with E-state index in [1.807, 2.05) is 12.1 Å². The van der Waals surface area contributed by atoms with E-state index in [0.29, 0.717) is 16.7 Å². The molecule has 0 unspecified atom stereocenters. The molecule has 0 bridgehead atoms. The van der Waals surface area contributed by atoms with E-state index >= 15 is 0 Å². The Morgan fingerprint density at radius 3 is 2.54 bits per heavy atom. The van der Waals surface area contributed by atoms with Crippen molar-refractivity contribution in [2.45, 2.75) is 0 Å². The van der Waals surface area contributed by atoms with Crippen LogP contribution in [0.2, 0.25) is 5.02 Å². The Hall–Kier alpha value is -3.20. The molecule has 9 nitrogen and oxygen atoms in total. The van der Waals surface area contributed by atoms with Gasteiger partial charge in [0.2, 0.25) is 11.9 Å². The first-order valence-corrected chi connectivity index (χ1v) is 9.18. The van der Waals surface area contributed by atoms with E-state index in [4.69, 9.17) is 16.3 Å². The average Bonchev–Trinajstić information content (AvgIpc) is 2.75. The van der Waals surface area contributed by atoms with Crippen molar-refractivity contribution in [2.75, 3.05) is 48.4 Å². The van der Waals surface area contributed by atoms with Gasteiger partial charge in [0.05, 0.1) is 18.3 Å². The second-order valence-electron chi connectivity index (χ2n) is 6.14. The number of aromatic nitrogens is 5. The maximum atomic E-state index is 6.17. The van der Waals surface area contributed by atoms with Crippen molar-refractivity contribution >= 4 is 35.0 Å². The van der Waals surface area contributed by atoms with Crippen LogP contribution in [-0.4, -0.2) is 58.4 Å². The number of hydrogen-bond donors (Lipinski definition) is 1.